The molecule has 0 saturated heterocycles. The van der Waals surface area contributed by atoms with Gasteiger partial charge in [0.25, 0.3) is 0 Å². The van der Waals surface area contributed by atoms with Crippen LogP contribution in [0.5, 0.6) is 0 Å². The zero-order valence-electron chi connectivity index (χ0n) is 9.89. The van der Waals surface area contributed by atoms with Gasteiger partial charge in [-0.1, -0.05) is 11.6 Å². The molecule has 0 unspecified atom stereocenters. The number of carboxylic acid groups (broad SMARTS) is 1. The third kappa shape index (κ3) is 2.05. The molecular weight excluding hydrogens is 313 g/mol. The van der Waals surface area contributed by atoms with Crippen molar-refractivity contribution in [1.82, 2.24) is 19.6 Å². The van der Waals surface area contributed by atoms with Crippen LogP contribution in [0.3, 0.4) is 0 Å². The Kier molecular flexibility index (Phi) is 2.77. The SMILES string of the molecule is O=C(O)c1ccc2nc(Cl)c3nnc(C(F)(F)F)n3c2c1. The van der Waals surface area contributed by atoms with Gasteiger partial charge in [-0.05, 0) is 18.2 Å². The largest absolute Gasteiger partial charge is 0.478 e. The van der Waals surface area contributed by atoms with E-state index in [0.29, 0.717) is 4.40 Å². The molecule has 3 rings (SSSR count). The Hall–Kier alpha value is -2.42. The molecule has 2 heterocycles. The average molecular weight is 317 g/mol. The number of carbonyl (C=O) groups is 1. The number of benzene rings is 1. The summed E-state index contributed by atoms with van der Waals surface area (Å²) >= 11 is 5.78. The molecular formula is C11H4ClF3N4O2. The van der Waals surface area contributed by atoms with Crippen molar-refractivity contribution in [3.8, 4) is 0 Å². The molecule has 1 aromatic carbocycles. The van der Waals surface area contributed by atoms with Crippen molar-refractivity contribution in [2.75, 3.05) is 0 Å². The molecule has 21 heavy (non-hydrogen) atoms. The lowest BCUT2D eigenvalue weighted by atomic mass is 10.2. The minimum Gasteiger partial charge on any atom is -0.478 e. The molecule has 0 atom stereocenters. The summed E-state index contributed by atoms with van der Waals surface area (Å²) < 4.78 is 39.6. The van der Waals surface area contributed by atoms with Crippen LogP contribution in [0, 0.1) is 0 Å². The van der Waals surface area contributed by atoms with Crippen molar-refractivity contribution in [2.45, 2.75) is 6.18 Å². The number of nitrogens with zero attached hydrogens (tertiary/aromatic N) is 4. The third-order valence-electron chi connectivity index (χ3n) is 2.78. The zero-order chi connectivity index (χ0) is 15.4. The van der Waals surface area contributed by atoms with Crippen LogP contribution in [0.15, 0.2) is 18.2 Å². The molecule has 0 aliphatic carbocycles. The third-order valence-corrected chi connectivity index (χ3v) is 3.04. The number of alkyl halides is 3. The van der Waals surface area contributed by atoms with Crippen LogP contribution in [0.1, 0.15) is 16.2 Å². The van der Waals surface area contributed by atoms with Gasteiger partial charge in [-0.2, -0.15) is 13.2 Å². The summed E-state index contributed by atoms with van der Waals surface area (Å²) in [7, 11) is 0. The number of carboxylic acids is 1. The maximum Gasteiger partial charge on any atom is 0.452 e. The number of hydrogen-bond acceptors (Lipinski definition) is 4. The van der Waals surface area contributed by atoms with Gasteiger partial charge in [0.05, 0.1) is 16.6 Å². The van der Waals surface area contributed by atoms with Crippen LogP contribution in [0.2, 0.25) is 5.15 Å². The van der Waals surface area contributed by atoms with Crippen molar-refractivity contribution in [3.63, 3.8) is 0 Å². The Morgan fingerprint density at radius 2 is 2.00 bits per heavy atom. The van der Waals surface area contributed by atoms with Gasteiger partial charge < -0.3 is 5.11 Å². The molecule has 2 aromatic heterocycles. The van der Waals surface area contributed by atoms with E-state index in [4.69, 9.17) is 16.7 Å². The molecule has 0 amide bonds. The molecule has 6 nitrogen and oxygen atoms in total. The molecule has 0 saturated carbocycles. The first-order chi connectivity index (χ1) is 9.79. The lowest BCUT2D eigenvalue weighted by Crippen LogP contribution is -2.12. The summed E-state index contributed by atoms with van der Waals surface area (Å²) in [6.45, 7) is 0. The second-order valence-corrected chi connectivity index (χ2v) is 4.45. The molecule has 0 fully saturated rings. The first-order valence-corrected chi connectivity index (χ1v) is 5.81. The second kappa shape index (κ2) is 4.29. The molecule has 0 spiro atoms. The normalized spacial score (nSPS) is 12.2. The van der Waals surface area contributed by atoms with Gasteiger partial charge in [-0.25, -0.2) is 9.78 Å². The molecule has 0 aliphatic rings. The number of aromatic carboxylic acids is 1. The topological polar surface area (TPSA) is 80.4 Å². The summed E-state index contributed by atoms with van der Waals surface area (Å²) in [5.74, 6) is -2.57. The standard InChI is InChI=1S/C11H4ClF3N4O2/c12-7-8-17-18-10(11(13,14)15)19(8)6-3-4(9(20)21)1-2-5(6)16-7/h1-3H,(H,20,21). The van der Waals surface area contributed by atoms with Gasteiger partial charge in [0.1, 0.15) is 0 Å². The highest BCUT2D eigenvalue weighted by molar-refractivity contribution is 6.32. The van der Waals surface area contributed by atoms with E-state index in [1.165, 1.54) is 12.1 Å². The molecule has 10 heteroatoms. The lowest BCUT2D eigenvalue weighted by Gasteiger charge is -2.08. The fourth-order valence-corrected chi connectivity index (χ4v) is 2.13. The Labute approximate surface area is 118 Å². The number of halogens is 4. The highest BCUT2D eigenvalue weighted by Gasteiger charge is 2.38. The second-order valence-electron chi connectivity index (χ2n) is 4.09. The maximum atomic E-state index is 13.0. The number of hydrogen-bond donors (Lipinski definition) is 1. The van der Waals surface area contributed by atoms with E-state index in [1.54, 1.807) is 0 Å². The van der Waals surface area contributed by atoms with Crippen molar-refractivity contribution in [1.29, 1.82) is 0 Å². The fraction of sp³-hybridized carbons (Fsp3) is 0.0909. The predicted molar refractivity (Wildman–Crippen MR) is 65.3 cm³/mol. The highest BCUT2D eigenvalue weighted by atomic mass is 35.5. The highest BCUT2D eigenvalue weighted by Crippen LogP contribution is 2.31. The average Bonchev–Trinajstić information content (AvgIpc) is 2.83. The van der Waals surface area contributed by atoms with E-state index in [9.17, 15) is 18.0 Å². The van der Waals surface area contributed by atoms with Crippen molar-refractivity contribution >= 4 is 34.3 Å². The van der Waals surface area contributed by atoms with Gasteiger partial charge in [0.2, 0.25) is 5.82 Å². The smallest absolute Gasteiger partial charge is 0.452 e. The van der Waals surface area contributed by atoms with Crippen LogP contribution in [0.25, 0.3) is 16.7 Å². The maximum absolute atomic E-state index is 13.0. The van der Waals surface area contributed by atoms with Gasteiger partial charge in [-0.15, -0.1) is 10.2 Å². The fourth-order valence-electron chi connectivity index (χ4n) is 1.92. The van der Waals surface area contributed by atoms with Crippen LogP contribution in [0.4, 0.5) is 13.2 Å². The summed E-state index contributed by atoms with van der Waals surface area (Å²) in [5.41, 5.74) is -0.469. The predicted octanol–water partition coefficient (Wildman–Crippen LogP) is 2.65. The van der Waals surface area contributed by atoms with Gasteiger partial charge in [0.15, 0.2) is 10.8 Å². The Bertz CT molecular complexity index is 890. The quantitative estimate of drug-likeness (QED) is 0.746. The summed E-state index contributed by atoms with van der Waals surface area (Å²) in [6.07, 6.45) is -4.77. The summed E-state index contributed by atoms with van der Waals surface area (Å²) in [5, 5.41) is 15.1. The van der Waals surface area contributed by atoms with Gasteiger partial charge in [0, 0.05) is 0 Å². The van der Waals surface area contributed by atoms with E-state index in [-0.39, 0.29) is 27.4 Å². The van der Waals surface area contributed by atoms with E-state index in [1.807, 2.05) is 0 Å². The van der Waals surface area contributed by atoms with E-state index >= 15 is 0 Å². The monoisotopic (exact) mass is 316 g/mol. The molecule has 108 valence electrons. The van der Waals surface area contributed by atoms with E-state index < -0.39 is 18.0 Å². The number of aromatic nitrogens is 4. The van der Waals surface area contributed by atoms with Crippen molar-refractivity contribution < 1.29 is 23.1 Å². The van der Waals surface area contributed by atoms with Gasteiger partial charge in [-0.3, -0.25) is 4.40 Å². The Balaban J connectivity index is 2.51. The van der Waals surface area contributed by atoms with E-state index in [2.05, 4.69) is 15.2 Å². The Morgan fingerprint density at radius 1 is 1.29 bits per heavy atom. The number of rotatable bonds is 1. The van der Waals surface area contributed by atoms with Crippen LogP contribution < -0.4 is 0 Å². The molecule has 0 bridgehead atoms. The molecule has 1 N–H and O–H groups in total. The van der Waals surface area contributed by atoms with Crippen LogP contribution in [-0.2, 0) is 6.18 Å². The Morgan fingerprint density at radius 3 is 2.62 bits per heavy atom. The molecule has 3 aromatic rings. The van der Waals surface area contributed by atoms with Crippen LogP contribution in [-0.4, -0.2) is 30.7 Å². The summed E-state index contributed by atoms with van der Waals surface area (Å²) in [6, 6.07) is 3.55. The summed E-state index contributed by atoms with van der Waals surface area (Å²) in [4.78, 5) is 14.8. The minimum atomic E-state index is -4.77. The van der Waals surface area contributed by atoms with Crippen molar-refractivity contribution in [3.05, 3.63) is 34.7 Å². The first kappa shape index (κ1) is 13.6. The molecule has 0 radical (unpaired) electrons. The van der Waals surface area contributed by atoms with E-state index in [0.717, 1.165) is 6.07 Å². The van der Waals surface area contributed by atoms with Crippen molar-refractivity contribution in [2.24, 2.45) is 0 Å². The minimum absolute atomic E-state index is 0.0911. The number of fused-ring (bicyclic) bond motifs is 3. The first-order valence-electron chi connectivity index (χ1n) is 5.44. The van der Waals surface area contributed by atoms with Crippen LogP contribution >= 0.6 is 11.6 Å². The molecule has 0 aliphatic heterocycles. The van der Waals surface area contributed by atoms with Gasteiger partial charge >= 0.3 is 12.1 Å². The zero-order valence-corrected chi connectivity index (χ0v) is 10.6. The lowest BCUT2D eigenvalue weighted by molar-refractivity contribution is -0.145.